The van der Waals surface area contributed by atoms with E-state index in [1.807, 2.05) is 12.1 Å². The molecule has 2 nitrogen and oxygen atoms in total. The number of benzene rings is 1. The molecule has 2 rings (SSSR count). The summed E-state index contributed by atoms with van der Waals surface area (Å²) >= 11 is 8.51. The molecule has 0 saturated carbocycles. The highest BCUT2D eigenvalue weighted by Crippen LogP contribution is 2.40. The van der Waals surface area contributed by atoms with Gasteiger partial charge in [-0.3, -0.25) is 0 Å². The van der Waals surface area contributed by atoms with E-state index in [0.717, 1.165) is 33.1 Å². The SMILES string of the molecule is COc1c(I)ccc(Cl)c1N1CCCC1. The first-order chi connectivity index (χ1) is 7.24. The van der Waals surface area contributed by atoms with Gasteiger partial charge in [-0.05, 0) is 47.6 Å². The number of methoxy groups -OCH3 is 1. The van der Waals surface area contributed by atoms with Crippen molar-refractivity contribution in [1.82, 2.24) is 0 Å². The van der Waals surface area contributed by atoms with Crippen LogP contribution in [0.2, 0.25) is 5.02 Å². The first-order valence-corrected chi connectivity index (χ1v) is 6.46. The fraction of sp³-hybridized carbons (Fsp3) is 0.455. The highest BCUT2D eigenvalue weighted by molar-refractivity contribution is 14.1. The van der Waals surface area contributed by atoms with Gasteiger partial charge >= 0.3 is 0 Å². The van der Waals surface area contributed by atoms with E-state index in [1.54, 1.807) is 7.11 Å². The van der Waals surface area contributed by atoms with Gasteiger partial charge in [-0.2, -0.15) is 0 Å². The molecule has 0 unspecified atom stereocenters. The van der Waals surface area contributed by atoms with Gasteiger partial charge in [0, 0.05) is 13.1 Å². The summed E-state index contributed by atoms with van der Waals surface area (Å²) in [5.41, 5.74) is 1.06. The molecule has 0 bridgehead atoms. The van der Waals surface area contributed by atoms with Crippen LogP contribution in [0.25, 0.3) is 0 Å². The van der Waals surface area contributed by atoms with E-state index in [9.17, 15) is 0 Å². The molecule has 1 aromatic rings. The Kier molecular flexibility index (Phi) is 3.61. The van der Waals surface area contributed by atoms with Gasteiger partial charge < -0.3 is 9.64 Å². The Hall–Kier alpha value is -0.160. The molecule has 1 saturated heterocycles. The van der Waals surface area contributed by atoms with Crippen LogP contribution in [0.3, 0.4) is 0 Å². The number of ether oxygens (including phenoxy) is 1. The van der Waals surface area contributed by atoms with Crippen LogP contribution in [0.15, 0.2) is 12.1 Å². The molecule has 0 amide bonds. The Morgan fingerprint density at radius 3 is 2.60 bits per heavy atom. The molecular formula is C11H13ClINO. The van der Waals surface area contributed by atoms with Crippen LogP contribution in [-0.4, -0.2) is 20.2 Å². The van der Waals surface area contributed by atoms with Crippen molar-refractivity contribution in [3.8, 4) is 5.75 Å². The van der Waals surface area contributed by atoms with Gasteiger partial charge in [0.15, 0.2) is 5.75 Å². The molecule has 1 fully saturated rings. The van der Waals surface area contributed by atoms with E-state index in [2.05, 4.69) is 27.5 Å². The van der Waals surface area contributed by atoms with Gasteiger partial charge in [-0.1, -0.05) is 11.6 Å². The van der Waals surface area contributed by atoms with Crippen LogP contribution in [0.4, 0.5) is 5.69 Å². The van der Waals surface area contributed by atoms with Gasteiger partial charge in [0.2, 0.25) is 0 Å². The molecule has 82 valence electrons. The molecular weight excluding hydrogens is 324 g/mol. The summed E-state index contributed by atoms with van der Waals surface area (Å²) in [4.78, 5) is 2.31. The number of halogens is 2. The maximum absolute atomic E-state index is 6.24. The Balaban J connectivity index is 2.46. The second-order valence-electron chi connectivity index (χ2n) is 3.61. The van der Waals surface area contributed by atoms with E-state index < -0.39 is 0 Å². The lowest BCUT2D eigenvalue weighted by atomic mass is 10.2. The van der Waals surface area contributed by atoms with Gasteiger partial charge in [-0.15, -0.1) is 0 Å². The van der Waals surface area contributed by atoms with E-state index in [4.69, 9.17) is 16.3 Å². The third kappa shape index (κ3) is 2.18. The quantitative estimate of drug-likeness (QED) is 0.765. The molecule has 1 aliphatic rings. The molecule has 0 radical (unpaired) electrons. The van der Waals surface area contributed by atoms with Crippen molar-refractivity contribution in [2.75, 3.05) is 25.1 Å². The first kappa shape index (κ1) is 11.3. The lowest BCUT2D eigenvalue weighted by Crippen LogP contribution is -2.19. The maximum Gasteiger partial charge on any atom is 0.156 e. The zero-order valence-corrected chi connectivity index (χ0v) is 11.5. The second-order valence-corrected chi connectivity index (χ2v) is 5.17. The molecule has 1 aliphatic heterocycles. The van der Waals surface area contributed by atoms with Crippen LogP contribution in [-0.2, 0) is 0 Å². The van der Waals surface area contributed by atoms with E-state index in [0.29, 0.717) is 0 Å². The van der Waals surface area contributed by atoms with Crippen LogP contribution in [0.1, 0.15) is 12.8 Å². The Labute approximate surface area is 109 Å². The van der Waals surface area contributed by atoms with Gasteiger partial charge in [0.1, 0.15) is 0 Å². The standard InChI is InChI=1S/C11H13ClINO/c1-15-11-9(13)5-4-8(12)10(11)14-6-2-3-7-14/h4-5H,2-3,6-7H2,1H3. The third-order valence-corrected chi connectivity index (χ3v) is 3.82. The molecule has 0 spiro atoms. The van der Waals surface area contributed by atoms with Crippen molar-refractivity contribution in [3.05, 3.63) is 20.7 Å². The molecule has 0 atom stereocenters. The molecule has 4 heteroatoms. The Morgan fingerprint density at radius 1 is 1.33 bits per heavy atom. The molecule has 0 aliphatic carbocycles. The average molecular weight is 338 g/mol. The van der Waals surface area contributed by atoms with Crippen LogP contribution in [0.5, 0.6) is 5.75 Å². The van der Waals surface area contributed by atoms with Crippen molar-refractivity contribution >= 4 is 39.9 Å². The summed E-state index contributed by atoms with van der Waals surface area (Å²) in [6.07, 6.45) is 2.48. The van der Waals surface area contributed by atoms with Gasteiger partial charge in [0.05, 0.1) is 21.4 Å². The van der Waals surface area contributed by atoms with Gasteiger partial charge in [0.25, 0.3) is 0 Å². The fourth-order valence-corrected chi connectivity index (χ4v) is 2.88. The van der Waals surface area contributed by atoms with Crippen LogP contribution < -0.4 is 9.64 Å². The highest BCUT2D eigenvalue weighted by Gasteiger charge is 2.20. The topological polar surface area (TPSA) is 12.5 Å². The van der Waals surface area contributed by atoms with Crippen molar-refractivity contribution in [1.29, 1.82) is 0 Å². The Morgan fingerprint density at radius 2 is 2.00 bits per heavy atom. The summed E-state index contributed by atoms with van der Waals surface area (Å²) in [5.74, 6) is 0.907. The first-order valence-electron chi connectivity index (χ1n) is 5.01. The predicted molar refractivity (Wildman–Crippen MR) is 72.2 cm³/mol. The number of hydrogen-bond acceptors (Lipinski definition) is 2. The molecule has 0 aromatic heterocycles. The summed E-state index contributed by atoms with van der Waals surface area (Å²) < 4.78 is 6.55. The van der Waals surface area contributed by atoms with Crippen LogP contribution >= 0.6 is 34.2 Å². The minimum atomic E-state index is 0.786. The number of nitrogens with zero attached hydrogens (tertiary/aromatic N) is 1. The average Bonchev–Trinajstić information content (AvgIpc) is 2.74. The number of hydrogen-bond donors (Lipinski definition) is 0. The smallest absolute Gasteiger partial charge is 0.156 e. The van der Waals surface area contributed by atoms with Crippen LogP contribution in [0, 0.1) is 3.57 Å². The normalized spacial score (nSPS) is 15.8. The van der Waals surface area contributed by atoms with Crippen molar-refractivity contribution < 1.29 is 4.74 Å². The third-order valence-electron chi connectivity index (χ3n) is 2.66. The molecule has 1 heterocycles. The van der Waals surface area contributed by atoms with Crippen molar-refractivity contribution in [3.63, 3.8) is 0 Å². The summed E-state index contributed by atoms with van der Waals surface area (Å²) in [6.45, 7) is 2.16. The van der Waals surface area contributed by atoms with Gasteiger partial charge in [-0.25, -0.2) is 0 Å². The molecule has 1 aromatic carbocycles. The zero-order valence-electron chi connectivity index (χ0n) is 8.59. The minimum absolute atomic E-state index is 0.786. The predicted octanol–water partition coefficient (Wildman–Crippen LogP) is 3.55. The Bertz CT molecular complexity index is 364. The lowest BCUT2D eigenvalue weighted by Gasteiger charge is -2.22. The molecule has 0 N–H and O–H groups in total. The van der Waals surface area contributed by atoms with Crippen molar-refractivity contribution in [2.45, 2.75) is 12.8 Å². The fourth-order valence-electron chi connectivity index (χ4n) is 1.95. The lowest BCUT2D eigenvalue weighted by molar-refractivity contribution is 0.412. The van der Waals surface area contributed by atoms with Crippen molar-refractivity contribution in [2.24, 2.45) is 0 Å². The second kappa shape index (κ2) is 4.78. The summed E-state index contributed by atoms with van der Waals surface area (Å²) in [7, 11) is 1.70. The largest absolute Gasteiger partial charge is 0.493 e. The highest BCUT2D eigenvalue weighted by atomic mass is 127. The minimum Gasteiger partial charge on any atom is -0.493 e. The van der Waals surface area contributed by atoms with E-state index >= 15 is 0 Å². The van der Waals surface area contributed by atoms with E-state index in [1.165, 1.54) is 12.8 Å². The molecule has 15 heavy (non-hydrogen) atoms. The zero-order chi connectivity index (χ0) is 10.8. The maximum atomic E-state index is 6.24. The van der Waals surface area contributed by atoms with E-state index in [-0.39, 0.29) is 0 Å². The number of rotatable bonds is 2. The monoisotopic (exact) mass is 337 g/mol. The number of anilines is 1. The summed E-state index contributed by atoms with van der Waals surface area (Å²) in [6, 6.07) is 3.93. The summed E-state index contributed by atoms with van der Waals surface area (Å²) in [5, 5.41) is 0.786.